The van der Waals surface area contributed by atoms with Gasteiger partial charge in [0, 0.05) is 17.1 Å². The number of rotatable bonds is 6. The molecule has 176 valence electrons. The minimum atomic E-state index is -0.561. The average Bonchev–Trinajstić information content (AvgIpc) is 3.27. The Morgan fingerprint density at radius 3 is 2.49 bits per heavy atom. The smallest absolute Gasteiger partial charge is 0.255 e. The molecule has 8 heteroatoms. The predicted molar refractivity (Wildman–Crippen MR) is 137 cm³/mol. The van der Waals surface area contributed by atoms with Crippen LogP contribution in [0.3, 0.4) is 0 Å². The van der Waals surface area contributed by atoms with E-state index >= 15 is 0 Å². The Morgan fingerprint density at radius 1 is 1.03 bits per heavy atom. The predicted octanol–water partition coefficient (Wildman–Crippen LogP) is 5.95. The molecule has 0 spiro atoms. The van der Waals surface area contributed by atoms with Gasteiger partial charge in [-0.15, -0.1) is 5.10 Å². The maximum Gasteiger partial charge on any atom is 0.255 e. The molecular weight excluding hydrogens is 461 g/mol. The standard InChI is InChI=1S/C27H24FN5OS/c1-17-8-6-7-11-22(17)30-25(34)23-18(2)29-26-31-27(35-16-19-9-4-3-5-10-19)32-33(26)24(23)20-12-14-21(28)15-13-20/h3-15,24H,16H2,1-2H3,(H,30,34)(H,29,31,32). The van der Waals surface area contributed by atoms with Gasteiger partial charge in [0.05, 0.1) is 5.57 Å². The number of aryl methyl sites for hydroxylation is 1. The number of aromatic nitrogens is 3. The normalized spacial score (nSPS) is 14.9. The molecular formula is C27H24FN5OS. The Bertz CT molecular complexity index is 1400. The second-order valence-electron chi connectivity index (χ2n) is 8.32. The van der Waals surface area contributed by atoms with Crippen molar-refractivity contribution >= 4 is 29.3 Å². The second-order valence-corrected chi connectivity index (χ2v) is 9.27. The molecule has 35 heavy (non-hydrogen) atoms. The van der Waals surface area contributed by atoms with Crippen LogP contribution in [0.5, 0.6) is 0 Å². The van der Waals surface area contributed by atoms with Gasteiger partial charge in [0.1, 0.15) is 11.9 Å². The fourth-order valence-electron chi connectivity index (χ4n) is 4.06. The second kappa shape index (κ2) is 9.76. The summed E-state index contributed by atoms with van der Waals surface area (Å²) in [4.78, 5) is 18.2. The van der Waals surface area contributed by atoms with Gasteiger partial charge in [-0.25, -0.2) is 9.07 Å². The number of anilines is 2. The molecule has 5 rings (SSSR count). The summed E-state index contributed by atoms with van der Waals surface area (Å²) in [6, 6.07) is 23.3. The Morgan fingerprint density at radius 2 is 1.74 bits per heavy atom. The lowest BCUT2D eigenvalue weighted by Crippen LogP contribution is -2.31. The summed E-state index contributed by atoms with van der Waals surface area (Å²) in [5, 5.41) is 11.6. The number of nitrogens with one attached hydrogen (secondary N) is 2. The fourth-order valence-corrected chi connectivity index (χ4v) is 4.85. The number of fused-ring (bicyclic) bond motifs is 1. The van der Waals surface area contributed by atoms with Crippen molar-refractivity contribution in [3.05, 3.63) is 113 Å². The van der Waals surface area contributed by atoms with Crippen LogP contribution in [-0.2, 0) is 10.5 Å². The lowest BCUT2D eigenvalue weighted by atomic mass is 9.95. The van der Waals surface area contributed by atoms with Crippen LogP contribution in [-0.4, -0.2) is 20.7 Å². The molecule has 2 N–H and O–H groups in total. The maximum atomic E-state index is 13.7. The maximum absolute atomic E-state index is 13.7. The van der Waals surface area contributed by atoms with Crippen LogP contribution >= 0.6 is 11.8 Å². The molecule has 0 bridgehead atoms. The minimum absolute atomic E-state index is 0.252. The molecule has 2 heterocycles. The fraction of sp³-hybridized carbons (Fsp3) is 0.148. The highest BCUT2D eigenvalue weighted by atomic mass is 32.2. The van der Waals surface area contributed by atoms with E-state index in [-0.39, 0.29) is 11.7 Å². The molecule has 0 radical (unpaired) electrons. The zero-order valence-electron chi connectivity index (χ0n) is 19.3. The van der Waals surface area contributed by atoms with Gasteiger partial charge < -0.3 is 10.6 Å². The van der Waals surface area contributed by atoms with Gasteiger partial charge in [-0.3, -0.25) is 4.79 Å². The van der Waals surface area contributed by atoms with Crippen molar-refractivity contribution in [2.24, 2.45) is 0 Å². The zero-order valence-corrected chi connectivity index (χ0v) is 20.1. The topological polar surface area (TPSA) is 71.8 Å². The summed E-state index contributed by atoms with van der Waals surface area (Å²) >= 11 is 1.52. The highest BCUT2D eigenvalue weighted by Gasteiger charge is 2.34. The molecule has 1 aliphatic heterocycles. The first-order chi connectivity index (χ1) is 17.0. The van der Waals surface area contributed by atoms with E-state index < -0.39 is 6.04 Å². The van der Waals surface area contributed by atoms with E-state index in [2.05, 4.69) is 27.8 Å². The number of hydrogen-bond acceptors (Lipinski definition) is 5. The summed E-state index contributed by atoms with van der Waals surface area (Å²) in [5.74, 6) is 0.670. The largest absolute Gasteiger partial charge is 0.328 e. The number of amides is 1. The van der Waals surface area contributed by atoms with Crippen molar-refractivity contribution in [3.8, 4) is 0 Å². The summed E-state index contributed by atoms with van der Waals surface area (Å²) in [5.41, 5.74) is 4.78. The third-order valence-corrected chi connectivity index (χ3v) is 6.78. The lowest BCUT2D eigenvalue weighted by Gasteiger charge is -2.28. The number of hydrogen-bond donors (Lipinski definition) is 2. The van der Waals surface area contributed by atoms with E-state index in [0.29, 0.717) is 22.4 Å². The molecule has 1 unspecified atom stereocenters. The summed E-state index contributed by atoms with van der Waals surface area (Å²) < 4.78 is 15.4. The Balaban J connectivity index is 1.50. The van der Waals surface area contributed by atoms with Gasteiger partial charge in [-0.2, -0.15) is 4.98 Å². The first-order valence-electron chi connectivity index (χ1n) is 11.2. The van der Waals surface area contributed by atoms with Crippen LogP contribution in [0.25, 0.3) is 0 Å². The van der Waals surface area contributed by atoms with Crippen LogP contribution in [0.15, 0.2) is 95.3 Å². The Labute approximate surface area is 207 Å². The summed E-state index contributed by atoms with van der Waals surface area (Å²) in [6.45, 7) is 3.79. The van der Waals surface area contributed by atoms with Crippen LogP contribution in [0.1, 0.15) is 29.7 Å². The van der Waals surface area contributed by atoms with Gasteiger partial charge in [0.25, 0.3) is 5.91 Å². The van der Waals surface area contributed by atoms with Crippen LogP contribution in [0.4, 0.5) is 16.0 Å². The average molecular weight is 486 g/mol. The van der Waals surface area contributed by atoms with Crippen molar-refractivity contribution in [2.75, 3.05) is 10.6 Å². The number of para-hydroxylation sites is 1. The third kappa shape index (κ3) is 4.83. The van der Waals surface area contributed by atoms with Crippen LogP contribution < -0.4 is 10.6 Å². The van der Waals surface area contributed by atoms with Gasteiger partial charge in [0.15, 0.2) is 0 Å². The highest BCUT2D eigenvalue weighted by molar-refractivity contribution is 7.98. The van der Waals surface area contributed by atoms with Crippen LogP contribution in [0.2, 0.25) is 0 Å². The molecule has 6 nitrogen and oxygen atoms in total. The minimum Gasteiger partial charge on any atom is -0.328 e. The molecule has 0 fully saturated rings. The number of halogens is 1. The number of carbonyl (C=O) groups excluding carboxylic acids is 1. The SMILES string of the molecule is CC1=C(C(=O)Nc2ccccc2C)C(c2ccc(F)cc2)n2nc(SCc3ccccc3)nc2N1. The van der Waals surface area contributed by atoms with Gasteiger partial charge in [0.2, 0.25) is 11.1 Å². The third-order valence-electron chi connectivity index (χ3n) is 5.87. The van der Waals surface area contributed by atoms with Crippen molar-refractivity contribution in [2.45, 2.75) is 30.8 Å². The molecule has 1 aliphatic rings. The number of carbonyl (C=O) groups is 1. The lowest BCUT2D eigenvalue weighted by molar-refractivity contribution is -0.113. The van der Waals surface area contributed by atoms with E-state index in [4.69, 9.17) is 5.10 Å². The molecule has 3 aromatic carbocycles. The first kappa shape index (κ1) is 22.9. The van der Waals surface area contributed by atoms with Gasteiger partial charge in [-0.1, -0.05) is 72.4 Å². The number of benzene rings is 3. The molecule has 1 amide bonds. The van der Waals surface area contributed by atoms with Crippen molar-refractivity contribution in [1.82, 2.24) is 14.8 Å². The molecule has 0 saturated heterocycles. The number of thioether (sulfide) groups is 1. The summed E-state index contributed by atoms with van der Waals surface area (Å²) in [6.07, 6.45) is 0. The molecule has 1 aromatic heterocycles. The van der Waals surface area contributed by atoms with Crippen molar-refractivity contribution in [1.29, 1.82) is 0 Å². The van der Waals surface area contributed by atoms with Gasteiger partial charge in [-0.05, 0) is 48.7 Å². The molecule has 4 aromatic rings. The quantitative estimate of drug-likeness (QED) is 0.331. The zero-order chi connectivity index (χ0) is 24.4. The van der Waals surface area contributed by atoms with E-state index in [9.17, 15) is 9.18 Å². The number of allylic oxidation sites excluding steroid dienone is 1. The van der Waals surface area contributed by atoms with E-state index in [1.54, 1.807) is 16.8 Å². The highest BCUT2D eigenvalue weighted by Crippen LogP contribution is 2.37. The number of nitrogens with zero attached hydrogens (tertiary/aromatic N) is 3. The molecule has 1 atom stereocenters. The van der Waals surface area contributed by atoms with Crippen molar-refractivity contribution in [3.63, 3.8) is 0 Å². The summed E-state index contributed by atoms with van der Waals surface area (Å²) in [7, 11) is 0. The monoisotopic (exact) mass is 485 g/mol. The van der Waals surface area contributed by atoms with Crippen LogP contribution in [0, 0.1) is 12.7 Å². The van der Waals surface area contributed by atoms with E-state index in [0.717, 1.165) is 22.6 Å². The Hall–Kier alpha value is -3.91. The Kier molecular flexibility index (Phi) is 6.37. The van der Waals surface area contributed by atoms with Gasteiger partial charge >= 0.3 is 0 Å². The van der Waals surface area contributed by atoms with Crippen molar-refractivity contribution < 1.29 is 9.18 Å². The molecule has 0 aliphatic carbocycles. The first-order valence-corrected chi connectivity index (χ1v) is 12.2. The van der Waals surface area contributed by atoms with E-state index in [1.165, 1.54) is 29.5 Å². The van der Waals surface area contributed by atoms with E-state index in [1.807, 2.05) is 56.3 Å². The molecule has 0 saturated carbocycles.